The molecule has 0 aromatic heterocycles. The Bertz CT molecular complexity index is 391. The number of rotatable bonds is 5. The zero-order valence-corrected chi connectivity index (χ0v) is 12.5. The Morgan fingerprint density at radius 2 is 2.00 bits per heavy atom. The first-order valence-electron chi connectivity index (χ1n) is 5.67. The minimum absolute atomic E-state index is 0.162. The van der Waals surface area contributed by atoms with Gasteiger partial charge in [0.05, 0.1) is 0 Å². The van der Waals surface area contributed by atoms with Gasteiger partial charge in [-0.2, -0.15) is 0 Å². The number of hydrogen-bond donors (Lipinski definition) is 2. The molecular formula is C13H18INO2. The number of aliphatic carboxylic acids is 1. The zero-order valence-electron chi connectivity index (χ0n) is 10.3. The third-order valence-corrected chi connectivity index (χ3v) is 3.72. The Labute approximate surface area is 116 Å². The second-order valence-corrected chi connectivity index (χ2v) is 5.64. The summed E-state index contributed by atoms with van der Waals surface area (Å²) < 4.78 is 1.10. The van der Waals surface area contributed by atoms with Crippen LogP contribution in [0.15, 0.2) is 24.3 Å². The van der Waals surface area contributed by atoms with Crippen LogP contribution in [0.25, 0.3) is 0 Å². The quantitative estimate of drug-likeness (QED) is 0.806. The maximum Gasteiger partial charge on any atom is 0.328 e. The SMILES string of the molecule is CCC(C)NC(C)(C(=O)O)c1ccc(I)cc1. The van der Waals surface area contributed by atoms with Gasteiger partial charge < -0.3 is 5.11 Å². The highest BCUT2D eigenvalue weighted by Crippen LogP contribution is 2.23. The highest BCUT2D eigenvalue weighted by atomic mass is 127. The van der Waals surface area contributed by atoms with E-state index < -0.39 is 11.5 Å². The van der Waals surface area contributed by atoms with Crippen LogP contribution in [-0.4, -0.2) is 17.1 Å². The van der Waals surface area contributed by atoms with Gasteiger partial charge in [0.2, 0.25) is 0 Å². The normalized spacial score (nSPS) is 16.2. The number of benzene rings is 1. The highest BCUT2D eigenvalue weighted by Gasteiger charge is 2.35. The molecule has 4 heteroatoms. The van der Waals surface area contributed by atoms with Gasteiger partial charge in [-0.15, -0.1) is 0 Å². The summed E-state index contributed by atoms with van der Waals surface area (Å²) in [6, 6.07) is 7.75. The predicted molar refractivity (Wildman–Crippen MR) is 77.0 cm³/mol. The molecule has 1 aromatic rings. The molecule has 0 aliphatic carbocycles. The van der Waals surface area contributed by atoms with Crippen LogP contribution in [0, 0.1) is 3.57 Å². The molecule has 2 atom stereocenters. The van der Waals surface area contributed by atoms with Crippen LogP contribution in [0.2, 0.25) is 0 Å². The Morgan fingerprint density at radius 3 is 2.41 bits per heavy atom. The molecule has 17 heavy (non-hydrogen) atoms. The standard InChI is InChI=1S/C13H18INO2/c1-4-9(2)15-13(3,12(16)17)10-5-7-11(14)8-6-10/h5-9,15H,4H2,1-3H3,(H,16,17). The van der Waals surface area contributed by atoms with Crippen molar-refractivity contribution in [3.8, 4) is 0 Å². The summed E-state index contributed by atoms with van der Waals surface area (Å²) in [5.74, 6) is -0.848. The fourth-order valence-corrected chi connectivity index (χ4v) is 2.01. The molecule has 3 nitrogen and oxygen atoms in total. The molecule has 0 aliphatic heterocycles. The van der Waals surface area contributed by atoms with Crippen molar-refractivity contribution < 1.29 is 9.90 Å². The van der Waals surface area contributed by atoms with Gasteiger partial charge in [-0.05, 0) is 60.6 Å². The lowest BCUT2D eigenvalue weighted by Crippen LogP contribution is -2.50. The maximum absolute atomic E-state index is 11.5. The van der Waals surface area contributed by atoms with Crippen LogP contribution in [0.4, 0.5) is 0 Å². The molecule has 1 aromatic carbocycles. The van der Waals surface area contributed by atoms with E-state index in [0.29, 0.717) is 0 Å². The second kappa shape index (κ2) is 5.82. The molecule has 94 valence electrons. The van der Waals surface area contributed by atoms with E-state index in [4.69, 9.17) is 0 Å². The van der Waals surface area contributed by atoms with Crippen molar-refractivity contribution in [2.24, 2.45) is 0 Å². The Morgan fingerprint density at radius 1 is 1.47 bits per heavy atom. The van der Waals surface area contributed by atoms with Gasteiger partial charge in [-0.1, -0.05) is 19.1 Å². The first-order chi connectivity index (χ1) is 7.90. The number of nitrogens with one attached hydrogen (secondary N) is 1. The summed E-state index contributed by atoms with van der Waals surface area (Å²) in [5.41, 5.74) is -0.245. The zero-order chi connectivity index (χ0) is 13.1. The van der Waals surface area contributed by atoms with Crippen LogP contribution < -0.4 is 5.32 Å². The van der Waals surface area contributed by atoms with Crippen molar-refractivity contribution in [2.75, 3.05) is 0 Å². The largest absolute Gasteiger partial charge is 0.480 e. The lowest BCUT2D eigenvalue weighted by Gasteiger charge is -2.30. The second-order valence-electron chi connectivity index (χ2n) is 4.39. The van der Waals surface area contributed by atoms with E-state index in [-0.39, 0.29) is 6.04 Å². The molecule has 0 saturated carbocycles. The Kier molecular flexibility index (Phi) is 4.94. The Balaban J connectivity index is 3.07. The fraction of sp³-hybridized carbons (Fsp3) is 0.462. The van der Waals surface area contributed by atoms with Gasteiger partial charge in [0.25, 0.3) is 0 Å². The molecule has 0 bridgehead atoms. The monoisotopic (exact) mass is 347 g/mol. The molecule has 0 spiro atoms. The molecule has 2 unspecified atom stereocenters. The topological polar surface area (TPSA) is 49.3 Å². The summed E-state index contributed by atoms with van der Waals surface area (Å²) in [6.07, 6.45) is 0.896. The van der Waals surface area contributed by atoms with Crippen molar-refractivity contribution in [1.82, 2.24) is 5.32 Å². The number of carboxylic acids is 1. The molecule has 0 heterocycles. The third-order valence-electron chi connectivity index (χ3n) is 3.00. The molecule has 0 fully saturated rings. The average Bonchev–Trinajstić information content (AvgIpc) is 2.29. The van der Waals surface area contributed by atoms with E-state index in [9.17, 15) is 9.90 Å². The summed E-state index contributed by atoms with van der Waals surface area (Å²) in [6.45, 7) is 5.74. The van der Waals surface area contributed by atoms with Crippen LogP contribution in [0.5, 0.6) is 0 Å². The number of carbonyl (C=O) groups is 1. The van der Waals surface area contributed by atoms with Crippen LogP contribution in [0.3, 0.4) is 0 Å². The summed E-state index contributed by atoms with van der Waals surface area (Å²) in [5, 5.41) is 12.6. The fourth-order valence-electron chi connectivity index (χ4n) is 1.65. The van der Waals surface area contributed by atoms with E-state index in [0.717, 1.165) is 15.6 Å². The van der Waals surface area contributed by atoms with Crippen LogP contribution >= 0.6 is 22.6 Å². The molecule has 1 rings (SSSR count). The summed E-state index contributed by atoms with van der Waals surface area (Å²) >= 11 is 2.21. The van der Waals surface area contributed by atoms with Crippen molar-refractivity contribution in [3.63, 3.8) is 0 Å². The van der Waals surface area contributed by atoms with Crippen LogP contribution in [-0.2, 0) is 10.3 Å². The highest BCUT2D eigenvalue weighted by molar-refractivity contribution is 14.1. The van der Waals surface area contributed by atoms with Crippen molar-refractivity contribution in [3.05, 3.63) is 33.4 Å². The maximum atomic E-state index is 11.5. The van der Waals surface area contributed by atoms with E-state index in [2.05, 4.69) is 27.9 Å². The summed E-state index contributed by atoms with van der Waals surface area (Å²) in [7, 11) is 0. The van der Waals surface area contributed by atoms with Crippen molar-refractivity contribution >= 4 is 28.6 Å². The molecule has 0 radical (unpaired) electrons. The molecule has 2 N–H and O–H groups in total. The first-order valence-corrected chi connectivity index (χ1v) is 6.75. The molecule has 0 aliphatic rings. The van der Waals surface area contributed by atoms with Gasteiger partial charge in [0, 0.05) is 9.61 Å². The first kappa shape index (κ1) is 14.4. The number of carboxylic acid groups (broad SMARTS) is 1. The van der Waals surface area contributed by atoms with E-state index >= 15 is 0 Å². The Hall–Kier alpha value is -0.620. The lowest BCUT2D eigenvalue weighted by molar-refractivity contribution is -0.145. The van der Waals surface area contributed by atoms with Gasteiger partial charge in [0.15, 0.2) is 0 Å². The molecular weight excluding hydrogens is 329 g/mol. The van der Waals surface area contributed by atoms with Crippen LogP contribution in [0.1, 0.15) is 32.8 Å². The molecule has 0 amide bonds. The van der Waals surface area contributed by atoms with Gasteiger partial charge in [0.1, 0.15) is 5.54 Å². The average molecular weight is 347 g/mol. The summed E-state index contributed by atoms with van der Waals surface area (Å²) in [4.78, 5) is 11.5. The number of hydrogen-bond acceptors (Lipinski definition) is 2. The van der Waals surface area contributed by atoms with Gasteiger partial charge >= 0.3 is 5.97 Å². The predicted octanol–water partition coefficient (Wildman–Crippen LogP) is 2.98. The van der Waals surface area contributed by atoms with E-state index in [1.54, 1.807) is 6.92 Å². The molecule has 0 saturated heterocycles. The minimum Gasteiger partial charge on any atom is -0.480 e. The van der Waals surface area contributed by atoms with Gasteiger partial charge in [-0.3, -0.25) is 5.32 Å². The smallest absolute Gasteiger partial charge is 0.328 e. The van der Waals surface area contributed by atoms with E-state index in [1.807, 2.05) is 38.1 Å². The van der Waals surface area contributed by atoms with Crippen molar-refractivity contribution in [1.29, 1.82) is 0 Å². The third kappa shape index (κ3) is 3.42. The lowest BCUT2D eigenvalue weighted by atomic mass is 9.91. The minimum atomic E-state index is -1.03. The number of halogens is 1. The van der Waals surface area contributed by atoms with Crippen molar-refractivity contribution in [2.45, 2.75) is 38.8 Å². The van der Waals surface area contributed by atoms with Gasteiger partial charge in [-0.25, -0.2) is 4.79 Å². The van der Waals surface area contributed by atoms with E-state index in [1.165, 1.54) is 0 Å².